The molecule has 0 amide bonds. The van der Waals surface area contributed by atoms with Gasteiger partial charge in [-0.25, -0.2) is 0 Å². The minimum atomic E-state index is -3.75. The summed E-state index contributed by atoms with van der Waals surface area (Å²) in [6, 6.07) is 6.65. The number of rotatable bonds is 8. The van der Waals surface area contributed by atoms with Crippen LogP contribution in [0.1, 0.15) is 45.1 Å². The van der Waals surface area contributed by atoms with Crippen molar-refractivity contribution in [1.82, 2.24) is 0 Å². The van der Waals surface area contributed by atoms with Gasteiger partial charge >= 0.3 is 0 Å². The number of benzene rings is 1. The molecule has 0 aliphatic heterocycles. The summed E-state index contributed by atoms with van der Waals surface area (Å²) in [5.74, 6) is 0. The van der Waals surface area contributed by atoms with Gasteiger partial charge in [-0.3, -0.25) is 4.18 Å². The zero-order chi connectivity index (χ0) is 15.2. The van der Waals surface area contributed by atoms with E-state index in [9.17, 15) is 8.42 Å². The van der Waals surface area contributed by atoms with E-state index in [0.717, 1.165) is 24.8 Å². The molecule has 0 unspecified atom stereocenters. The van der Waals surface area contributed by atoms with Crippen molar-refractivity contribution in [3.05, 3.63) is 29.8 Å². The molecule has 0 radical (unpaired) electrons. The Morgan fingerprint density at radius 1 is 1.10 bits per heavy atom. The lowest BCUT2D eigenvalue weighted by atomic mass is 10.1. The maximum absolute atomic E-state index is 12.3. The summed E-state index contributed by atoms with van der Waals surface area (Å²) in [6.07, 6.45) is 2.66. The molecular formula is C15H23ClO3S. The summed E-state index contributed by atoms with van der Waals surface area (Å²) in [6.45, 7) is 5.92. The van der Waals surface area contributed by atoms with Gasteiger partial charge in [0.2, 0.25) is 0 Å². The van der Waals surface area contributed by atoms with Crippen molar-refractivity contribution in [2.75, 3.05) is 0 Å². The Bertz CT molecular complexity index is 496. The van der Waals surface area contributed by atoms with Gasteiger partial charge in [-0.1, -0.05) is 44.4 Å². The van der Waals surface area contributed by atoms with E-state index >= 15 is 0 Å². The van der Waals surface area contributed by atoms with Crippen LogP contribution in [0.3, 0.4) is 0 Å². The second-order valence-electron chi connectivity index (χ2n) is 5.00. The predicted molar refractivity (Wildman–Crippen MR) is 82.7 cm³/mol. The van der Waals surface area contributed by atoms with E-state index in [4.69, 9.17) is 15.8 Å². The van der Waals surface area contributed by atoms with Crippen molar-refractivity contribution in [2.24, 2.45) is 0 Å². The summed E-state index contributed by atoms with van der Waals surface area (Å²) in [7, 11) is -3.75. The zero-order valence-electron chi connectivity index (χ0n) is 12.3. The largest absolute Gasteiger partial charge is 0.297 e. The molecule has 0 aliphatic carbocycles. The van der Waals surface area contributed by atoms with Gasteiger partial charge in [-0.2, -0.15) is 8.42 Å². The average Bonchev–Trinajstić information content (AvgIpc) is 2.39. The molecule has 20 heavy (non-hydrogen) atoms. The van der Waals surface area contributed by atoms with Gasteiger partial charge in [0.15, 0.2) is 0 Å². The molecule has 0 N–H and O–H groups in total. The summed E-state index contributed by atoms with van der Waals surface area (Å²) in [5, 5.41) is -0.278. The predicted octanol–water partition coefficient (Wildman–Crippen LogP) is 4.28. The van der Waals surface area contributed by atoms with Crippen LogP contribution in [0.2, 0.25) is 0 Å². The van der Waals surface area contributed by atoms with E-state index < -0.39 is 16.2 Å². The first kappa shape index (κ1) is 17.5. The third-order valence-corrected chi connectivity index (χ3v) is 4.95. The van der Waals surface area contributed by atoms with E-state index in [-0.39, 0.29) is 10.3 Å². The SMILES string of the molecule is CCC[C@H](Cl)[C@@H](CCC)OS(=O)(=O)c1ccc(C)cc1. The fraction of sp³-hybridized carbons (Fsp3) is 0.600. The Morgan fingerprint density at radius 3 is 2.15 bits per heavy atom. The fourth-order valence-corrected chi connectivity index (χ4v) is 3.55. The molecule has 0 bridgehead atoms. The van der Waals surface area contributed by atoms with Crippen molar-refractivity contribution in [3.8, 4) is 0 Å². The molecule has 114 valence electrons. The molecule has 1 aromatic carbocycles. The van der Waals surface area contributed by atoms with Crippen molar-refractivity contribution >= 4 is 21.7 Å². The van der Waals surface area contributed by atoms with Crippen molar-refractivity contribution in [3.63, 3.8) is 0 Å². The summed E-state index contributed by atoms with van der Waals surface area (Å²) >= 11 is 6.26. The van der Waals surface area contributed by atoms with Crippen molar-refractivity contribution < 1.29 is 12.6 Å². The lowest BCUT2D eigenvalue weighted by molar-refractivity contribution is 0.188. The topological polar surface area (TPSA) is 43.4 Å². The second-order valence-corrected chi connectivity index (χ2v) is 7.13. The van der Waals surface area contributed by atoms with Gasteiger partial charge < -0.3 is 0 Å². The summed E-state index contributed by atoms with van der Waals surface area (Å²) < 4.78 is 29.9. The van der Waals surface area contributed by atoms with Crippen LogP contribution in [-0.2, 0) is 14.3 Å². The van der Waals surface area contributed by atoms with Gasteiger partial charge in [0.1, 0.15) is 0 Å². The van der Waals surface area contributed by atoms with E-state index in [1.165, 1.54) is 0 Å². The number of halogens is 1. The molecule has 5 heteroatoms. The Hall–Kier alpha value is -0.580. The molecule has 0 aromatic heterocycles. The van der Waals surface area contributed by atoms with Crippen molar-refractivity contribution in [2.45, 2.75) is 62.8 Å². The maximum atomic E-state index is 12.3. The number of alkyl halides is 1. The second kappa shape index (κ2) is 8.01. The number of hydrogen-bond acceptors (Lipinski definition) is 3. The van der Waals surface area contributed by atoms with Gasteiger partial charge in [-0.15, -0.1) is 11.6 Å². The van der Waals surface area contributed by atoms with Crippen LogP contribution in [-0.4, -0.2) is 19.9 Å². The Labute approximate surface area is 127 Å². The van der Waals surface area contributed by atoms with Crippen LogP contribution in [0.15, 0.2) is 29.2 Å². The first-order valence-corrected chi connectivity index (χ1v) is 8.89. The van der Waals surface area contributed by atoms with Crippen LogP contribution in [0.25, 0.3) is 0 Å². The molecule has 0 saturated heterocycles. The van der Waals surface area contributed by atoms with E-state index in [1.54, 1.807) is 24.3 Å². The minimum absolute atomic E-state index is 0.185. The molecule has 1 aromatic rings. The van der Waals surface area contributed by atoms with Crippen LogP contribution < -0.4 is 0 Å². The molecule has 1 rings (SSSR count). The Morgan fingerprint density at radius 2 is 1.65 bits per heavy atom. The van der Waals surface area contributed by atoms with Crippen LogP contribution in [0, 0.1) is 6.92 Å². The molecule has 0 spiro atoms. The third kappa shape index (κ3) is 5.08. The minimum Gasteiger partial charge on any atom is -0.261 e. The molecule has 0 saturated carbocycles. The Balaban J connectivity index is 2.88. The van der Waals surface area contributed by atoms with Crippen LogP contribution >= 0.6 is 11.6 Å². The standard InChI is InChI=1S/C15H23ClO3S/c1-4-6-14(16)15(7-5-2)19-20(17,18)13-10-8-12(3)9-11-13/h8-11,14-15H,4-7H2,1-3H3/t14-,15+/m0/s1. The lowest BCUT2D eigenvalue weighted by Gasteiger charge is -2.21. The molecule has 0 aliphatic rings. The summed E-state index contributed by atoms with van der Waals surface area (Å²) in [5.41, 5.74) is 1.01. The average molecular weight is 319 g/mol. The van der Waals surface area contributed by atoms with Crippen molar-refractivity contribution in [1.29, 1.82) is 0 Å². The van der Waals surface area contributed by atoms with E-state index in [0.29, 0.717) is 6.42 Å². The normalized spacial score (nSPS) is 15.0. The van der Waals surface area contributed by atoms with E-state index in [2.05, 4.69) is 0 Å². The van der Waals surface area contributed by atoms with Gasteiger partial charge in [0.05, 0.1) is 16.4 Å². The monoisotopic (exact) mass is 318 g/mol. The molecule has 3 nitrogen and oxygen atoms in total. The highest BCUT2D eigenvalue weighted by Gasteiger charge is 2.26. The number of aryl methyl sites for hydroxylation is 1. The molecular weight excluding hydrogens is 296 g/mol. The molecule has 0 heterocycles. The fourth-order valence-electron chi connectivity index (χ4n) is 1.96. The summed E-state index contributed by atoms with van der Waals surface area (Å²) in [4.78, 5) is 0.185. The van der Waals surface area contributed by atoms with E-state index in [1.807, 2.05) is 20.8 Å². The Kier molecular flexibility index (Phi) is 7.00. The maximum Gasteiger partial charge on any atom is 0.297 e. The lowest BCUT2D eigenvalue weighted by Crippen LogP contribution is -2.27. The first-order chi connectivity index (χ1) is 9.40. The van der Waals surface area contributed by atoms with Gasteiger partial charge in [0, 0.05) is 0 Å². The van der Waals surface area contributed by atoms with Gasteiger partial charge in [0.25, 0.3) is 10.1 Å². The van der Waals surface area contributed by atoms with Crippen LogP contribution in [0.5, 0.6) is 0 Å². The molecule has 2 atom stereocenters. The highest BCUT2D eigenvalue weighted by molar-refractivity contribution is 7.86. The highest BCUT2D eigenvalue weighted by atomic mass is 35.5. The third-order valence-electron chi connectivity index (χ3n) is 3.10. The van der Waals surface area contributed by atoms with Crippen LogP contribution in [0.4, 0.5) is 0 Å². The first-order valence-electron chi connectivity index (χ1n) is 7.04. The smallest absolute Gasteiger partial charge is 0.261 e. The highest BCUT2D eigenvalue weighted by Crippen LogP contribution is 2.23. The molecule has 0 fully saturated rings. The quantitative estimate of drug-likeness (QED) is 0.531. The number of hydrogen-bond donors (Lipinski definition) is 0. The van der Waals surface area contributed by atoms with Gasteiger partial charge in [-0.05, 0) is 31.9 Å². The zero-order valence-corrected chi connectivity index (χ0v) is 13.9.